The van der Waals surface area contributed by atoms with Crippen LogP contribution in [0.5, 0.6) is 0 Å². The van der Waals surface area contributed by atoms with Crippen LogP contribution in [0.4, 0.5) is 0 Å². The van der Waals surface area contributed by atoms with E-state index in [2.05, 4.69) is 10.3 Å². The van der Waals surface area contributed by atoms with E-state index in [1.807, 2.05) is 0 Å². The molecule has 2 atom stereocenters. The summed E-state index contributed by atoms with van der Waals surface area (Å²) in [7, 11) is 0. The normalized spacial score (nSPS) is 23.3. The summed E-state index contributed by atoms with van der Waals surface area (Å²) in [5.41, 5.74) is 0.367. The Labute approximate surface area is 122 Å². The largest absolute Gasteiger partial charge is 0.396 e. The van der Waals surface area contributed by atoms with Crippen molar-refractivity contribution in [2.75, 3.05) is 13.2 Å². The maximum atomic E-state index is 11.9. The van der Waals surface area contributed by atoms with Crippen LogP contribution in [0.25, 0.3) is 0 Å². The van der Waals surface area contributed by atoms with Gasteiger partial charge in [-0.15, -0.1) is 0 Å². The van der Waals surface area contributed by atoms with Gasteiger partial charge in [0.05, 0.1) is 5.02 Å². The number of aliphatic hydroxyl groups excluding tert-OH is 1. The molecule has 1 heterocycles. The second-order valence-corrected chi connectivity index (χ2v) is 5.83. The van der Waals surface area contributed by atoms with Crippen LogP contribution in [0.2, 0.25) is 10.2 Å². The molecule has 0 spiro atoms. The SMILES string of the molecule is O=C(NCC1CCCCC1CO)c1cc(Cl)c(Cl)[nH]1. The Balaban J connectivity index is 1.89. The second kappa shape index (κ2) is 6.64. The molecular formula is C13H18Cl2N2O2. The molecule has 0 aliphatic heterocycles. The zero-order chi connectivity index (χ0) is 13.8. The molecule has 0 radical (unpaired) electrons. The van der Waals surface area contributed by atoms with Crippen LogP contribution in [0.1, 0.15) is 36.2 Å². The molecule has 1 aromatic rings. The quantitative estimate of drug-likeness (QED) is 0.801. The predicted molar refractivity (Wildman–Crippen MR) is 75.7 cm³/mol. The van der Waals surface area contributed by atoms with Crippen LogP contribution in [-0.2, 0) is 0 Å². The van der Waals surface area contributed by atoms with Crippen molar-refractivity contribution in [2.45, 2.75) is 25.7 Å². The van der Waals surface area contributed by atoms with E-state index in [0.29, 0.717) is 29.1 Å². The molecule has 1 amide bonds. The molecule has 4 nitrogen and oxygen atoms in total. The third-order valence-electron chi connectivity index (χ3n) is 3.80. The van der Waals surface area contributed by atoms with Gasteiger partial charge in [0.1, 0.15) is 10.8 Å². The van der Waals surface area contributed by atoms with Gasteiger partial charge in [0.15, 0.2) is 0 Å². The fourth-order valence-electron chi connectivity index (χ4n) is 2.64. The molecule has 0 aromatic carbocycles. The van der Waals surface area contributed by atoms with Crippen molar-refractivity contribution in [2.24, 2.45) is 11.8 Å². The van der Waals surface area contributed by atoms with Crippen molar-refractivity contribution in [1.82, 2.24) is 10.3 Å². The van der Waals surface area contributed by atoms with Crippen molar-refractivity contribution in [3.8, 4) is 0 Å². The minimum Gasteiger partial charge on any atom is -0.396 e. The van der Waals surface area contributed by atoms with Gasteiger partial charge in [-0.1, -0.05) is 36.0 Å². The molecule has 1 fully saturated rings. The number of carbonyl (C=O) groups excluding carboxylic acids is 1. The number of nitrogens with one attached hydrogen (secondary N) is 2. The number of rotatable bonds is 4. The Morgan fingerprint density at radius 2 is 2.05 bits per heavy atom. The maximum absolute atomic E-state index is 11.9. The van der Waals surface area contributed by atoms with Gasteiger partial charge in [-0.2, -0.15) is 0 Å². The summed E-state index contributed by atoms with van der Waals surface area (Å²) in [6.45, 7) is 0.777. The van der Waals surface area contributed by atoms with Crippen molar-refractivity contribution in [3.05, 3.63) is 21.9 Å². The zero-order valence-electron chi connectivity index (χ0n) is 10.6. The van der Waals surface area contributed by atoms with Gasteiger partial charge < -0.3 is 15.4 Å². The molecule has 6 heteroatoms. The molecule has 0 bridgehead atoms. The summed E-state index contributed by atoms with van der Waals surface area (Å²) in [4.78, 5) is 14.7. The van der Waals surface area contributed by atoms with E-state index >= 15 is 0 Å². The minimum absolute atomic E-state index is 0.195. The number of aromatic amines is 1. The summed E-state index contributed by atoms with van der Waals surface area (Å²) in [5.74, 6) is 0.435. The molecule has 1 aromatic heterocycles. The van der Waals surface area contributed by atoms with Crippen LogP contribution in [-0.4, -0.2) is 29.1 Å². The molecule has 1 aliphatic carbocycles. The third-order valence-corrected chi connectivity index (χ3v) is 4.49. The fourth-order valence-corrected chi connectivity index (χ4v) is 2.95. The first-order valence-corrected chi connectivity index (χ1v) is 7.30. The Morgan fingerprint density at radius 3 is 2.63 bits per heavy atom. The molecule has 0 saturated heterocycles. The lowest BCUT2D eigenvalue weighted by molar-refractivity contribution is 0.0905. The Bertz CT molecular complexity index is 428. The first kappa shape index (κ1) is 14.7. The molecule has 2 unspecified atom stereocenters. The number of aromatic nitrogens is 1. The summed E-state index contributed by atoms with van der Waals surface area (Å²) < 4.78 is 0. The lowest BCUT2D eigenvalue weighted by Gasteiger charge is -2.30. The van der Waals surface area contributed by atoms with E-state index in [4.69, 9.17) is 23.2 Å². The highest BCUT2D eigenvalue weighted by atomic mass is 35.5. The summed E-state index contributed by atoms with van der Waals surface area (Å²) >= 11 is 11.6. The molecule has 3 N–H and O–H groups in total. The van der Waals surface area contributed by atoms with E-state index in [1.54, 1.807) is 0 Å². The van der Waals surface area contributed by atoms with Crippen LogP contribution >= 0.6 is 23.2 Å². The monoisotopic (exact) mass is 304 g/mol. The Morgan fingerprint density at radius 1 is 1.37 bits per heavy atom. The summed E-state index contributed by atoms with van der Waals surface area (Å²) in [6, 6.07) is 1.52. The van der Waals surface area contributed by atoms with E-state index in [9.17, 15) is 9.90 Å². The number of carbonyl (C=O) groups is 1. The zero-order valence-corrected chi connectivity index (χ0v) is 12.1. The molecule has 106 valence electrons. The number of aliphatic hydroxyl groups is 1. The van der Waals surface area contributed by atoms with Crippen LogP contribution in [0.3, 0.4) is 0 Å². The number of hydrogen-bond acceptors (Lipinski definition) is 2. The smallest absolute Gasteiger partial charge is 0.267 e. The van der Waals surface area contributed by atoms with Gasteiger partial charge in [0, 0.05) is 13.2 Å². The van der Waals surface area contributed by atoms with Gasteiger partial charge in [0.2, 0.25) is 0 Å². The van der Waals surface area contributed by atoms with E-state index in [1.165, 1.54) is 6.07 Å². The lowest BCUT2D eigenvalue weighted by atomic mass is 9.79. The lowest BCUT2D eigenvalue weighted by Crippen LogP contribution is -2.35. The highest BCUT2D eigenvalue weighted by Gasteiger charge is 2.25. The van der Waals surface area contributed by atoms with Gasteiger partial charge >= 0.3 is 0 Å². The van der Waals surface area contributed by atoms with Crippen molar-refractivity contribution < 1.29 is 9.90 Å². The highest BCUT2D eigenvalue weighted by molar-refractivity contribution is 6.41. The van der Waals surface area contributed by atoms with E-state index in [0.717, 1.165) is 25.7 Å². The van der Waals surface area contributed by atoms with Crippen molar-refractivity contribution >= 4 is 29.1 Å². The first-order valence-electron chi connectivity index (χ1n) is 6.55. The number of amides is 1. The number of H-pyrrole nitrogens is 1. The Kier molecular flexibility index (Phi) is 5.13. The number of halogens is 2. The predicted octanol–water partition coefficient (Wildman–Crippen LogP) is 2.85. The second-order valence-electron chi connectivity index (χ2n) is 5.04. The topological polar surface area (TPSA) is 65.1 Å². The van der Waals surface area contributed by atoms with Crippen LogP contribution in [0, 0.1) is 11.8 Å². The van der Waals surface area contributed by atoms with Crippen molar-refractivity contribution in [1.29, 1.82) is 0 Å². The van der Waals surface area contributed by atoms with Crippen molar-refractivity contribution in [3.63, 3.8) is 0 Å². The Hall–Kier alpha value is -0.710. The summed E-state index contributed by atoms with van der Waals surface area (Å²) in [5, 5.41) is 12.8. The fraction of sp³-hybridized carbons (Fsp3) is 0.615. The molecule has 2 rings (SSSR count). The molecular weight excluding hydrogens is 287 g/mol. The van der Waals surface area contributed by atoms with Gasteiger partial charge in [-0.3, -0.25) is 4.79 Å². The summed E-state index contributed by atoms with van der Waals surface area (Å²) in [6.07, 6.45) is 4.42. The number of hydrogen-bond donors (Lipinski definition) is 3. The highest BCUT2D eigenvalue weighted by Crippen LogP contribution is 2.29. The average Bonchev–Trinajstić information content (AvgIpc) is 2.76. The van der Waals surface area contributed by atoms with Gasteiger partial charge in [-0.25, -0.2) is 0 Å². The van der Waals surface area contributed by atoms with E-state index in [-0.39, 0.29) is 17.7 Å². The third kappa shape index (κ3) is 3.65. The molecule has 19 heavy (non-hydrogen) atoms. The molecule has 1 aliphatic rings. The van der Waals surface area contributed by atoms with Gasteiger partial charge in [-0.05, 0) is 30.7 Å². The molecule has 1 saturated carbocycles. The first-order chi connectivity index (χ1) is 9.11. The minimum atomic E-state index is -0.212. The standard InChI is InChI=1S/C13H18Cl2N2O2/c14-10-5-11(17-12(10)15)13(19)16-6-8-3-1-2-4-9(8)7-18/h5,8-9,17-18H,1-4,6-7H2,(H,16,19). The van der Waals surface area contributed by atoms with E-state index < -0.39 is 0 Å². The van der Waals surface area contributed by atoms with Gasteiger partial charge in [0.25, 0.3) is 5.91 Å². The van der Waals surface area contributed by atoms with Crippen LogP contribution < -0.4 is 5.32 Å². The average molecular weight is 305 g/mol. The van der Waals surface area contributed by atoms with Crippen LogP contribution in [0.15, 0.2) is 6.07 Å². The maximum Gasteiger partial charge on any atom is 0.267 e.